The van der Waals surface area contributed by atoms with Gasteiger partial charge in [-0.05, 0) is 30.3 Å². The number of carbonyl (C=O) groups is 2. The number of anilines is 3. The fourth-order valence-electron chi connectivity index (χ4n) is 5.67. The van der Waals surface area contributed by atoms with Crippen LogP contribution in [0.5, 0.6) is 0 Å². The molecule has 7 rings (SSSR count). The van der Waals surface area contributed by atoms with E-state index in [4.69, 9.17) is 21.7 Å². The number of nitrogens with two attached hydrogens (primary N) is 2. The van der Waals surface area contributed by atoms with Crippen LogP contribution in [-0.2, 0) is 20.9 Å². The maximum Gasteiger partial charge on any atom is 0.336 e. The molecular formula is C37H38N18O7S5. The van der Waals surface area contributed by atoms with E-state index in [1.165, 1.54) is 50.7 Å². The Morgan fingerprint density at radius 1 is 0.701 bits per heavy atom. The predicted molar refractivity (Wildman–Crippen MR) is 248 cm³/mol. The summed E-state index contributed by atoms with van der Waals surface area (Å²) >= 11 is 4.72. The van der Waals surface area contributed by atoms with Crippen molar-refractivity contribution >= 4 is 107 Å². The predicted octanol–water partition coefficient (Wildman–Crippen LogP) is 7.53. The van der Waals surface area contributed by atoms with Crippen LogP contribution in [0.2, 0.25) is 0 Å². The van der Waals surface area contributed by atoms with Gasteiger partial charge in [-0.1, -0.05) is 106 Å². The molecule has 0 unspecified atom stereocenters. The van der Waals surface area contributed by atoms with E-state index in [-0.39, 0.29) is 68.8 Å². The molecule has 5 aromatic heterocycles. The average Bonchev–Trinajstić information content (AvgIpc) is 4.04. The van der Waals surface area contributed by atoms with Crippen LogP contribution in [0.25, 0.3) is 11.9 Å². The van der Waals surface area contributed by atoms with Gasteiger partial charge in [-0.15, -0.1) is 40.9 Å². The minimum absolute atomic E-state index is 0.0226. The van der Waals surface area contributed by atoms with E-state index in [1.54, 1.807) is 0 Å². The number of hydrogen-bond acceptors (Lipinski definition) is 24. The van der Waals surface area contributed by atoms with E-state index in [0.717, 1.165) is 28.0 Å². The molecule has 30 heteroatoms. The van der Waals surface area contributed by atoms with Crippen LogP contribution in [0, 0.1) is 0 Å². The smallest absolute Gasteiger partial charge is 0.336 e. The fourth-order valence-corrected chi connectivity index (χ4v) is 9.36. The quantitative estimate of drug-likeness (QED) is 0.0402. The third-order valence-corrected chi connectivity index (χ3v) is 13.1. The first-order valence-corrected chi connectivity index (χ1v) is 24.2. The van der Waals surface area contributed by atoms with Crippen molar-refractivity contribution in [3.63, 3.8) is 0 Å². The molecule has 5 heterocycles. The van der Waals surface area contributed by atoms with Crippen molar-refractivity contribution in [3.8, 4) is 11.9 Å². The van der Waals surface area contributed by atoms with Gasteiger partial charge in [-0.3, -0.25) is 4.55 Å². The van der Waals surface area contributed by atoms with Crippen molar-refractivity contribution in [3.05, 3.63) is 71.0 Å². The van der Waals surface area contributed by atoms with E-state index in [0.29, 0.717) is 25.0 Å². The van der Waals surface area contributed by atoms with Crippen LogP contribution in [0.15, 0.2) is 87.5 Å². The molecule has 0 saturated heterocycles. The highest BCUT2D eigenvalue weighted by Crippen LogP contribution is 2.41. The molecule has 0 fully saturated rings. The molecule has 8 N–H and O–H groups in total. The first-order valence-electron chi connectivity index (χ1n) is 19.3. The molecule has 348 valence electrons. The molecular weight excluding hydrogens is 969 g/mol. The second-order valence-corrected chi connectivity index (χ2v) is 22.0. The van der Waals surface area contributed by atoms with Crippen molar-refractivity contribution in [1.82, 2.24) is 54.9 Å². The minimum Gasteiger partial charge on any atom is -0.478 e. The second-order valence-electron chi connectivity index (χ2n) is 15.9. The highest BCUT2D eigenvalue weighted by Gasteiger charge is 2.31. The Bertz CT molecular complexity index is 3170. The van der Waals surface area contributed by atoms with Crippen LogP contribution in [0.4, 0.5) is 39.2 Å². The van der Waals surface area contributed by atoms with Gasteiger partial charge in [0.2, 0.25) is 5.95 Å². The average molecular weight is 1010 g/mol. The van der Waals surface area contributed by atoms with Crippen LogP contribution in [0.3, 0.4) is 0 Å². The van der Waals surface area contributed by atoms with Crippen LogP contribution in [0.1, 0.15) is 73.6 Å². The molecule has 0 bridgehead atoms. The Morgan fingerprint density at radius 2 is 1.19 bits per heavy atom. The van der Waals surface area contributed by atoms with E-state index < -0.39 is 38.6 Å². The third kappa shape index (κ3) is 11.6. The van der Waals surface area contributed by atoms with E-state index in [2.05, 4.69) is 61.1 Å². The summed E-state index contributed by atoms with van der Waals surface area (Å²) in [6.07, 6.45) is 0. The monoisotopic (exact) mass is 1010 g/mol. The normalized spacial score (nSPS) is 12.4. The van der Waals surface area contributed by atoms with Gasteiger partial charge >= 0.3 is 11.9 Å². The zero-order chi connectivity index (χ0) is 48.4. The molecule has 0 aliphatic carbocycles. The Balaban J connectivity index is 1.25. The number of nitrogens with one attached hydrogen (secondary N) is 1. The summed E-state index contributed by atoms with van der Waals surface area (Å²) in [4.78, 5) is 38.1. The molecule has 0 amide bonds. The van der Waals surface area contributed by atoms with Crippen LogP contribution >= 0.6 is 46.2 Å². The van der Waals surface area contributed by atoms with Gasteiger partial charge in [-0.2, -0.15) is 42.9 Å². The summed E-state index contributed by atoms with van der Waals surface area (Å²) in [5.41, 5.74) is 12.5. The molecule has 0 spiro atoms. The number of rotatable bonds is 16. The van der Waals surface area contributed by atoms with Gasteiger partial charge < -0.3 is 27.0 Å². The number of azo groups is 2. The van der Waals surface area contributed by atoms with Gasteiger partial charge in [0.15, 0.2) is 31.7 Å². The molecule has 0 aliphatic rings. The fraction of sp³-hybridized carbons (Fsp3) is 0.270. The summed E-state index contributed by atoms with van der Waals surface area (Å²) in [6, 6.07) is 13.5. The van der Waals surface area contributed by atoms with Crippen molar-refractivity contribution in [2.24, 2.45) is 20.5 Å². The highest BCUT2D eigenvalue weighted by molar-refractivity contribution is 8.01. The van der Waals surface area contributed by atoms with Gasteiger partial charge in [0, 0.05) is 27.2 Å². The number of benzene rings is 2. The zero-order valence-electron chi connectivity index (χ0n) is 35.9. The van der Waals surface area contributed by atoms with Gasteiger partial charge in [0.05, 0.1) is 28.3 Å². The molecule has 0 saturated carbocycles. The maximum absolute atomic E-state index is 11.7. The van der Waals surface area contributed by atoms with E-state index in [9.17, 15) is 32.8 Å². The van der Waals surface area contributed by atoms with Crippen molar-refractivity contribution in [2.75, 3.05) is 29.1 Å². The number of aromatic nitrogens is 11. The number of hydrogen-bond donors (Lipinski definition) is 6. The molecule has 7 aromatic rings. The summed E-state index contributed by atoms with van der Waals surface area (Å²) in [5, 5.41) is 65.5. The number of aromatic carboxylic acids is 2. The van der Waals surface area contributed by atoms with E-state index in [1.807, 2.05) is 71.9 Å². The lowest BCUT2D eigenvalue weighted by Gasteiger charge is -2.15. The lowest BCUT2D eigenvalue weighted by molar-refractivity contribution is 0.0651. The molecule has 0 atom stereocenters. The molecule has 67 heavy (non-hydrogen) atoms. The summed E-state index contributed by atoms with van der Waals surface area (Å²) in [5.74, 6) is -4.07. The summed E-state index contributed by atoms with van der Waals surface area (Å²) in [7, 11) is -4.38. The van der Waals surface area contributed by atoms with Crippen molar-refractivity contribution in [1.29, 1.82) is 0 Å². The third-order valence-electron chi connectivity index (χ3n) is 8.71. The topological polar surface area (TPSA) is 368 Å². The number of carboxylic acids is 2. The highest BCUT2D eigenvalue weighted by atomic mass is 32.2. The van der Waals surface area contributed by atoms with Crippen LogP contribution in [-0.4, -0.2) is 102 Å². The minimum atomic E-state index is -4.38. The number of nitrogens with zero attached hydrogens (tertiary/aromatic N) is 15. The summed E-state index contributed by atoms with van der Waals surface area (Å²) < 4.78 is 36.1. The largest absolute Gasteiger partial charge is 0.478 e. The van der Waals surface area contributed by atoms with Gasteiger partial charge in [0.25, 0.3) is 32.3 Å². The van der Waals surface area contributed by atoms with Crippen molar-refractivity contribution < 1.29 is 32.8 Å². The first kappa shape index (κ1) is 48.1. The Labute approximate surface area is 396 Å². The Morgan fingerprint density at radius 3 is 1.66 bits per heavy atom. The summed E-state index contributed by atoms with van der Waals surface area (Å²) in [6.45, 7) is 11.0. The maximum atomic E-state index is 11.7. The SMILES string of the molecule is CC(C)(C)c1nn(-c2nc(NCCS(=O)(=O)O)nc(-n3nc(C(C)(C)C)c(N=Nc4nnc(Sc5ccc(C(=O)O)c(C(=O)O)c5)s4)c3N)n2)c(N)c1N=Nc1nnc(Sc2ccccc2)s1. The standard InChI is InChI=1S/C37H38N18O7S5/c1-36(2,3)23-21(44-46-32-48-50-34(65-32)63-17-10-8-7-9-11-17)25(38)54(52-23)30-41-29(40-14-15-67(60,61)62)42-31(43-30)55-26(39)22(24(53-55)37(4,5)6)45-47-33-49-51-35(66-33)64-18-12-13-19(27(56)57)20(16-18)28(58)59/h7-13,16H,14-15,38-39H2,1-6H3,(H,56,57)(H,58,59)(H,60,61,62)(H,40,41,42,43). The second kappa shape index (κ2) is 19.2. The lowest BCUT2D eigenvalue weighted by atomic mass is 9.91. The molecule has 2 aromatic carbocycles. The Hall–Kier alpha value is -6.86. The molecule has 0 radical (unpaired) electrons. The zero-order valence-corrected chi connectivity index (χ0v) is 40.0. The Kier molecular flexibility index (Phi) is 13.8. The number of carboxylic acid groups (broad SMARTS) is 2. The number of nitrogen functional groups attached to an aromatic ring is 2. The molecule has 0 aliphatic heterocycles. The van der Waals surface area contributed by atoms with Gasteiger partial charge in [-0.25, -0.2) is 9.59 Å². The van der Waals surface area contributed by atoms with Crippen molar-refractivity contribution in [2.45, 2.75) is 70.8 Å². The lowest BCUT2D eigenvalue weighted by Crippen LogP contribution is -2.20. The van der Waals surface area contributed by atoms with Crippen LogP contribution < -0.4 is 16.8 Å². The van der Waals surface area contributed by atoms with E-state index >= 15 is 0 Å². The molecule has 25 nitrogen and oxygen atoms in total. The first-order chi connectivity index (χ1) is 31.5. The van der Waals surface area contributed by atoms with Gasteiger partial charge in [0.1, 0.15) is 0 Å².